The second kappa shape index (κ2) is 5.12. The summed E-state index contributed by atoms with van der Waals surface area (Å²) in [5.41, 5.74) is -1.79. The number of carboxylic acid groups (broad SMARTS) is 1. The fraction of sp³-hybridized carbons (Fsp3) is 0.154. The average Bonchev–Trinajstić information content (AvgIpc) is 2.37. The second-order valence-corrected chi connectivity index (χ2v) is 4.25. The maximum atomic E-state index is 13.2. The summed E-state index contributed by atoms with van der Waals surface area (Å²) in [6.07, 6.45) is 0.957. The van der Waals surface area contributed by atoms with Gasteiger partial charge in [0.1, 0.15) is 11.4 Å². The van der Waals surface area contributed by atoms with Crippen LogP contribution in [-0.2, 0) is 0 Å². The highest BCUT2D eigenvalue weighted by Crippen LogP contribution is 2.16. The highest BCUT2D eigenvalue weighted by atomic mass is 19.1. The van der Waals surface area contributed by atoms with Crippen molar-refractivity contribution < 1.29 is 14.3 Å². The van der Waals surface area contributed by atoms with Gasteiger partial charge in [-0.05, 0) is 24.6 Å². The first-order chi connectivity index (χ1) is 9.40. The van der Waals surface area contributed by atoms with Gasteiger partial charge in [-0.3, -0.25) is 14.3 Å². The molecule has 1 unspecified atom stereocenters. The maximum Gasteiger partial charge on any atom is 0.342 e. The van der Waals surface area contributed by atoms with Crippen molar-refractivity contribution in [1.82, 2.24) is 9.55 Å². The van der Waals surface area contributed by atoms with Crippen molar-refractivity contribution in [3.05, 3.63) is 68.2 Å². The van der Waals surface area contributed by atoms with Crippen LogP contribution in [0.3, 0.4) is 0 Å². The third-order valence-corrected chi connectivity index (χ3v) is 2.95. The molecule has 2 N–H and O–H groups in total. The Bertz CT molecular complexity index is 778. The lowest BCUT2D eigenvalue weighted by atomic mass is 10.1. The molecule has 0 aliphatic rings. The molecule has 7 heteroatoms. The molecule has 2 aromatic rings. The number of carboxylic acids is 1. The molecule has 1 heterocycles. The Labute approximate surface area is 112 Å². The standard InChI is InChI=1S/C13H11FN2O4/c1-7(8-3-2-4-9(14)5-8)16-6-10(12(18)19)11(17)15-13(16)20/h2-7H,1H3,(H,18,19)(H,15,17,20). The molecule has 0 aliphatic heterocycles. The fourth-order valence-corrected chi connectivity index (χ4v) is 1.85. The Morgan fingerprint density at radius 2 is 2.10 bits per heavy atom. The van der Waals surface area contributed by atoms with Crippen molar-refractivity contribution in [1.29, 1.82) is 0 Å². The fourth-order valence-electron chi connectivity index (χ4n) is 1.85. The van der Waals surface area contributed by atoms with Gasteiger partial charge in [0.25, 0.3) is 5.56 Å². The molecular weight excluding hydrogens is 267 g/mol. The van der Waals surface area contributed by atoms with Crippen molar-refractivity contribution in [3.8, 4) is 0 Å². The molecule has 0 spiro atoms. The number of H-pyrrole nitrogens is 1. The number of hydrogen-bond donors (Lipinski definition) is 2. The van der Waals surface area contributed by atoms with Gasteiger partial charge in [0, 0.05) is 6.20 Å². The molecule has 2 rings (SSSR count). The lowest BCUT2D eigenvalue weighted by Crippen LogP contribution is -2.35. The van der Waals surface area contributed by atoms with Crippen LogP contribution in [0.2, 0.25) is 0 Å². The minimum atomic E-state index is -1.44. The van der Waals surface area contributed by atoms with E-state index in [0.29, 0.717) is 5.56 Å². The van der Waals surface area contributed by atoms with E-state index in [9.17, 15) is 18.8 Å². The summed E-state index contributed by atoms with van der Waals surface area (Å²) in [4.78, 5) is 35.9. The zero-order chi connectivity index (χ0) is 14.9. The quantitative estimate of drug-likeness (QED) is 0.875. The number of rotatable bonds is 3. The van der Waals surface area contributed by atoms with Crippen LogP contribution < -0.4 is 11.2 Å². The molecule has 0 amide bonds. The van der Waals surface area contributed by atoms with E-state index in [2.05, 4.69) is 0 Å². The number of aromatic nitrogens is 2. The molecule has 0 radical (unpaired) electrons. The SMILES string of the molecule is CC(c1cccc(F)c1)n1cc(C(=O)O)c(=O)[nH]c1=O. The van der Waals surface area contributed by atoms with Gasteiger partial charge in [0.2, 0.25) is 0 Å². The monoisotopic (exact) mass is 278 g/mol. The highest BCUT2D eigenvalue weighted by Gasteiger charge is 2.16. The second-order valence-electron chi connectivity index (χ2n) is 4.25. The van der Waals surface area contributed by atoms with Crippen molar-refractivity contribution in [3.63, 3.8) is 0 Å². The molecule has 0 aliphatic carbocycles. The number of benzene rings is 1. The summed E-state index contributed by atoms with van der Waals surface area (Å²) < 4.78 is 14.2. The maximum absolute atomic E-state index is 13.2. The first-order valence-electron chi connectivity index (χ1n) is 5.74. The average molecular weight is 278 g/mol. The van der Waals surface area contributed by atoms with Gasteiger partial charge in [-0.15, -0.1) is 0 Å². The van der Waals surface area contributed by atoms with Crippen LogP contribution in [0.1, 0.15) is 28.9 Å². The number of nitrogens with one attached hydrogen (secondary N) is 1. The normalized spacial score (nSPS) is 12.1. The Morgan fingerprint density at radius 3 is 2.70 bits per heavy atom. The summed E-state index contributed by atoms with van der Waals surface area (Å²) in [5.74, 6) is -1.91. The van der Waals surface area contributed by atoms with Gasteiger partial charge < -0.3 is 5.11 Å². The van der Waals surface area contributed by atoms with E-state index in [1.807, 2.05) is 4.98 Å². The van der Waals surface area contributed by atoms with Crippen LogP contribution in [-0.4, -0.2) is 20.6 Å². The summed E-state index contributed by atoms with van der Waals surface area (Å²) in [7, 11) is 0. The van der Waals surface area contributed by atoms with Gasteiger partial charge in [0.05, 0.1) is 6.04 Å². The Kier molecular flexibility index (Phi) is 3.51. The van der Waals surface area contributed by atoms with Gasteiger partial charge in [0.15, 0.2) is 0 Å². The van der Waals surface area contributed by atoms with E-state index < -0.39 is 34.6 Å². The van der Waals surface area contributed by atoms with Crippen molar-refractivity contribution in [2.75, 3.05) is 0 Å². The Hall–Kier alpha value is -2.70. The number of hydrogen-bond acceptors (Lipinski definition) is 3. The van der Waals surface area contributed by atoms with Gasteiger partial charge in [-0.25, -0.2) is 14.0 Å². The van der Waals surface area contributed by atoms with Crippen LogP contribution >= 0.6 is 0 Å². The summed E-state index contributed by atoms with van der Waals surface area (Å²) >= 11 is 0. The molecule has 0 saturated carbocycles. The molecule has 0 bridgehead atoms. The summed E-state index contributed by atoms with van der Waals surface area (Å²) in [6.45, 7) is 1.60. The summed E-state index contributed by atoms with van der Waals surface area (Å²) in [6, 6.07) is 4.96. The number of nitrogens with zero attached hydrogens (tertiary/aromatic N) is 1. The zero-order valence-corrected chi connectivity index (χ0v) is 10.5. The first-order valence-corrected chi connectivity index (χ1v) is 5.74. The minimum absolute atomic E-state index is 0.467. The van der Waals surface area contributed by atoms with Crippen LogP contribution in [0.15, 0.2) is 40.1 Å². The van der Waals surface area contributed by atoms with Crippen molar-refractivity contribution in [2.45, 2.75) is 13.0 Å². The largest absolute Gasteiger partial charge is 0.477 e. The highest BCUT2D eigenvalue weighted by molar-refractivity contribution is 5.86. The third-order valence-electron chi connectivity index (χ3n) is 2.95. The van der Waals surface area contributed by atoms with E-state index in [1.165, 1.54) is 18.2 Å². The van der Waals surface area contributed by atoms with Crippen LogP contribution in [0, 0.1) is 5.82 Å². The molecule has 20 heavy (non-hydrogen) atoms. The first kappa shape index (κ1) is 13.7. The molecule has 1 atom stereocenters. The lowest BCUT2D eigenvalue weighted by molar-refractivity contribution is 0.0693. The minimum Gasteiger partial charge on any atom is -0.477 e. The number of aromatic amines is 1. The smallest absolute Gasteiger partial charge is 0.342 e. The third kappa shape index (κ3) is 2.51. The molecule has 6 nitrogen and oxygen atoms in total. The molecule has 1 aromatic carbocycles. The topological polar surface area (TPSA) is 92.2 Å². The van der Waals surface area contributed by atoms with E-state index in [0.717, 1.165) is 10.8 Å². The van der Waals surface area contributed by atoms with Gasteiger partial charge >= 0.3 is 11.7 Å². The van der Waals surface area contributed by atoms with Crippen molar-refractivity contribution >= 4 is 5.97 Å². The van der Waals surface area contributed by atoms with E-state index in [1.54, 1.807) is 13.0 Å². The number of carbonyl (C=O) groups is 1. The van der Waals surface area contributed by atoms with E-state index >= 15 is 0 Å². The molecule has 0 fully saturated rings. The van der Waals surface area contributed by atoms with Crippen molar-refractivity contribution in [2.24, 2.45) is 0 Å². The lowest BCUT2D eigenvalue weighted by Gasteiger charge is -2.15. The van der Waals surface area contributed by atoms with E-state index in [-0.39, 0.29) is 0 Å². The Morgan fingerprint density at radius 1 is 1.40 bits per heavy atom. The molecule has 1 aromatic heterocycles. The predicted molar refractivity (Wildman–Crippen MR) is 68.5 cm³/mol. The molecular formula is C13H11FN2O4. The predicted octanol–water partition coefficient (Wildman–Crippen LogP) is 0.983. The van der Waals surface area contributed by atoms with Gasteiger partial charge in [-0.2, -0.15) is 0 Å². The molecule has 104 valence electrons. The number of aromatic carboxylic acids is 1. The van der Waals surface area contributed by atoms with Crippen LogP contribution in [0.4, 0.5) is 4.39 Å². The zero-order valence-electron chi connectivity index (χ0n) is 10.5. The Balaban J connectivity index is 2.58. The van der Waals surface area contributed by atoms with Crippen LogP contribution in [0.5, 0.6) is 0 Å². The van der Waals surface area contributed by atoms with E-state index in [4.69, 9.17) is 5.11 Å². The van der Waals surface area contributed by atoms with Crippen LogP contribution in [0.25, 0.3) is 0 Å². The van der Waals surface area contributed by atoms with Gasteiger partial charge in [-0.1, -0.05) is 12.1 Å². The number of halogens is 1. The molecule has 0 saturated heterocycles. The summed E-state index contributed by atoms with van der Waals surface area (Å²) in [5, 5.41) is 8.88.